The van der Waals surface area contributed by atoms with Crippen molar-refractivity contribution in [3.05, 3.63) is 29.3 Å². The Morgan fingerprint density at radius 1 is 0.889 bits per heavy atom. The predicted octanol–water partition coefficient (Wildman–Crippen LogP) is 5.04. The summed E-state index contributed by atoms with van der Waals surface area (Å²) in [6.07, 6.45) is 1.12. The van der Waals surface area contributed by atoms with Gasteiger partial charge in [-0.2, -0.15) is 0 Å². The molecule has 1 aromatic rings. The van der Waals surface area contributed by atoms with Crippen LogP contribution in [0.4, 0.5) is 0 Å². The molecule has 0 aliphatic heterocycles. The molecule has 0 aliphatic carbocycles. The first-order valence-corrected chi connectivity index (χ1v) is 7.15. The van der Waals surface area contributed by atoms with Gasteiger partial charge in [-0.1, -0.05) is 47.6 Å². The van der Waals surface area contributed by atoms with Crippen LogP contribution in [0.5, 0.6) is 5.75 Å². The molecule has 0 heterocycles. The number of hydrogen-bond acceptors (Lipinski definition) is 1. The molecule has 1 heteroatoms. The molecule has 1 aromatic carbocycles. The van der Waals surface area contributed by atoms with Crippen LogP contribution in [-0.2, 0) is 6.42 Å². The van der Waals surface area contributed by atoms with E-state index >= 15 is 0 Å². The van der Waals surface area contributed by atoms with Gasteiger partial charge in [0.15, 0.2) is 0 Å². The van der Waals surface area contributed by atoms with Crippen LogP contribution in [0.25, 0.3) is 0 Å². The van der Waals surface area contributed by atoms with Crippen LogP contribution in [0.2, 0.25) is 0 Å². The van der Waals surface area contributed by atoms with Crippen LogP contribution < -0.4 is 4.74 Å². The molecule has 0 aromatic heterocycles. The van der Waals surface area contributed by atoms with E-state index in [4.69, 9.17) is 4.74 Å². The smallest absolute Gasteiger partial charge is 0.119 e. The standard InChI is InChI=1S/C17H28O/c1-12(2)7-15-8-16(14(5)6)10-17(9-15)18-11-13(3)4/h8-10,12-14H,7,11H2,1-6H3. The van der Waals surface area contributed by atoms with Gasteiger partial charge in [0.1, 0.15) is 5.75 Å². The second-order valence-corrected chi connectivity index (χ2v) is 6.37. The van der Waals surface area contributed by atoms with E-state index < -0.39 is 0 Å². The maximum atomic E-state index is 5.88. The molecule has 0 amide bonds. The molecule has 0 saturated heterocycles. The van der Waals surface area contributed by atoms with Crippen molar-refractivity contribution in [2.45, 2.75) is 53.9 Å². The molecule has 0 radical (unpaired) electrons. The molecule has 0 fully saturated rings. The summed E-state index contributed by atoms with van der Waals surface area (Å²) >= 11 is 0. The summed E-state index contributed by atoms with van der Waals surface area (Å²) in [6.45, 7) is 14.2. The minimum absolute atomic E-state index is 0.554. The van der Waals surface area contributed by atoms with Gasteiger partial charge in [0.05, 0.1) is 6.61 Å². The third-order valence-corrected chi connectivity index (χ3v) is 2.88. The molecular weight excluding hydrogens is 220 g/mol. The minimum atomic E-state index is 0.554. The van der Waals surface area contributed by atoms with Crippen LogP contribution >= 0.6 is 0 Å². The predicted molar refractivity (Wildman–Crippen MR) is 79.4 cm³/mol. The van der Waals surface area contributed by atoms with Crippen molar-refractivity contribution in [2.24, 2.45) is 11.8 Å². The molecular formula is C17H28O. The molecule has 102 valence electrons. The first-order valence-electron chi connectivity index (χ1n) is 7.15. The number of ether oxygens (including phenoxy) is 1. The lowest BCUT2D eigenvalue weighted by Gasteiger charge is -2.15. The van der Waals surface area contributed by atoms with Gasteiger partial charge < -0.3 is 4.74 Å². The van der Waals surface area contributed by atoms with E-state index in [2.05, 4.69) is 59.7 Å². The molecule has 0 saturated carbocycles. The van der Waals surface area contributed by atoms with Crippen molar-refractivity contribution in [1.82, 2.24) is 0 Å². The topological polar surface area (TPSA) is 9.23 Å². The van der Waals surface area contributed by atoms with Crippen molar-refractivity contribution in [1.29, 1.82) is 0 Å². The Kier molecular flexibility index (Phi) is 5.71. The van der Waals surface area contributed by atoms with Gasteiger partial charge in [-0.3, -0.25) is 0 Å². The maximum Gasteiger partial charge on any atom is 0.119 e. The summed E-state index contributed by atoms with van der Waals surface area (Å²) < 4.78 is 5.88. The zero-order valence-corrected chi connectivity index (χ0v) is 12.8. The molecule has 0 atom stereocenters. The van der Waals surface area contributed by atoms with Gasteiger partial charge in [0, 0.05) is 0 Å². The minimum Gasteiger partial charge on any atom is -0.493 e. The summed E-state index contributed by atoms with van der Waals surface area (Å²) in [5.41, 5.74) is 2.78. The number of benzene rings is 1. The average molecular weight is 248 g/mol. The normalized spacial score (nSPS) is 11.6. The zero-order valence-electron chi connectivity index (χ0n) is 12.8. The van der Waals surface area contributed by atoms with Crippen LogP contribution in [0, 0.1) is 11.8 Å². The fourth-order valence-corrected chi connectivity index (χ4v) is 1.95. The van der Waals surface area contributed by atoms with Crippen molar-refractivity contribution < 1.29 is 4.74 Å². The Morgan fingerprint density at radius 2 is 1.56 bits per heavy atom. The van der Waals surface area contributed by atoms with Crippen LogP contribution in [-0.4, -0.2) is 6.61 Å². The summed E-state index contributed by atoms with van der Waals surface area (Å²) in [5.74, 6) is 2.84. The Morgan fingerprint density at radius 3 is 2.06 bits per heavy atom. The molecule has 0 bridgehead atoms. The lowest BCUT2D eigenvalue weighted by Crippen LogP contribution is -2.06. The molecule has 0 N–H and O–H groups in total. The van der Waals surface area contributed by atoms with Gasteiger partial charge in [-0.25, -0.2) is 0 Å². The largest absolute Gasteiger partial charge is 0.493 e. The second-order valence-electron chi connectivity index (χ2n) is 6.37. The highest BCUT2D eigenvalue weighted by Gasteiger charge is 2.07. The van der Waals surface area contributed by atoms with Gasteiger partial charge in [-0.15, -0.1) is 0 Å². The highest BCUT2D eigenvalue weighted by atomic mass is 16.5. The van der Waals surface area contributed by atoms with Gasteiger partial charge >= 0.3 is 0 Å². The highest BCUT2D eigenvalue weighted by Crippen LogP contribution is 2.25. The van der Waals surface area contributed by atoms with E-state index in [1.54, 1.807) is 0 Å². The Labute approximate surface area is 113 Å². The van der Waals surface area contributed by atoms with Crippen LogP contribution in [0.1, 0.15) is 58.6 Å². The molecule has 1 rings (SSSR count). The van der Waals surface area contributed by atoms with E-state index in [1.165, 1.54) is 11.1 Å². The third-order valence-electron chi connectivity index (χ3n) is 2.88. The average Bonchev–Trinajstić information content (AvgIpc) is 2.25. The summed E-state index contributed by atoms with van der Waals surface area (Å²) in [6, 6.07) is 6.72. The van der Waals surface area contributed by atoms with Gasteiger partial charge in [0.25, 0.3) is 0 Å². The molecule has 1 nitrogen and oxygen atoms in total. The zero-order chi connectivity index (χ0) is 13.7. The van der Waals surface area contributed by atoms with Crippen molar-refractivity contribution in [3.63, 3.8) is 0 Å². The van der Waals surface area contributed by atoms with E-state index in [-0.39, 0.29) is 0 Å². The summed E-state index contributed by atoms with van der Waals surface area (Å²) in [7, 11) is 0. The number of hydrogen-bond donors (Lipinski definition) is 0. The summed E-state index contributed by atoms with van der Waals surface area (Å²) in [5, 5.41) is 0. The Balaban J connectivity index is 2.91. The third kappa shape index (κ3) is 5.12. The fourth-order valence-electron chi connectivity index (χ4n) is 1.95. The Bertz CT molecular complexity index is 364. The number of rotatable bonds is 6. The van der Waals surface area contributed by atoms with Gasteiger partial charge in [-0.05, 0) is 47.4 Å². The van der Waals surface area contributed by atoms with E-state index in [0.717, 1.165) is 18.8 Å². The SMILES string of the molecule is CC(C)COc1cc(CC(C)C)cc(C(C)C)c1. The molecule has 0 aliphatic rings. The maximum absolute atomic E-state index is 5.88. The lowest BCUT2D eigenvalue weighted by atomic mass is 9.96. The van der Waals surface area contributed by atoms with Crippen molar-refractivity contribution >= 4 is 0 Å². The van der Waals surface area contributed by atoms with Crippen molar-refractivity contribution in [3.8, 4) is 5.75 Å². The van der Waals surface area contributed by atoms with E-state index in [9.17, 15) is 0 Å². The van der Waals surface area contributed by atoms with E-state index in [0.29, 0.717) is 17.8 Å². The molecule has 0 spiro atoms. The van der Waals surface area contributed by atoms with Gasteiger partial charge in [0.2, 0.25) is 0 Å². The summed E-state index contributed by atoms with van der Waals surface area (Å²) in [4.78, 5) is 0. The Hall–Kier alpha value is -0.980. The fraction of sp³-hybridized carbons (Fsp3) is 0.647. The van der Waals surface area contributed by atoms with Crippen LogP contribution in [0.15, 0.2) is 18.2 Å². The quantitative estimate of drug-likeness (QED) is 0.685. The van der Waals surface area contributed by atoms with Crippen LogP contribution in [0.3, 0.4) is 0 Å². The molecule has 18 heavy (non-hydrogen) atoms. The molecule has 0 unspecified atom stereocenters. The lowest BCUT2D eigenvalue weighted by molar-refractivity contribution is 0.270. The monoisotopic (exact) mass is 248 g/mol. The van der Waals surface area contributed by atoms with E-state index in [1.807, 2.05) is 0 Å². The van der Waals surface area contributed by atoms with Crippen molar-refractivity contribution in [2.75, 3.05) is 6.61 Å². The second kappa shape index (κ2) is 6.82. The highest BCUT2D eigenvalue weighted by molar-refractivity contribution is 5.36. The first-order chi connectivity index (χ1) is 8.38. The first kappa shape index (κ1) is 15.1.